The van der Waals surface area contributed by atoms with Gasteiger partial charge in [0.05, 0.1) is 0 Å². The van der Waals surface area contributed by atoms with E-state index in [1.807, 2.05) is 36.4 Å². The van der Waals surface area contributed by atoms with Crippen LogP contribution in [0.2, 0.25) is 0 Å². The van der Waals surface area contributed by atoms with Gasteiger partial charge in [-0.15, -0.1) is 0 Å². The second-order valence-corrected chi connectivity index (χ2v) is 5.74. The monoisotopic (exact) mass is 300 g/mol. The van der Waals surface area contributed by atoms with Crippen molar-refractivity contribution in [3.63, 3.8) is 0 Å². The Labute approximate surface area is 132 Å². The molecular formula is C19H25FN2. The fourth-order valence-corrected chi connectivity index (χ4v) is 2.71. The third-order valence-corrected chi connectivity index (χ3v) is 3.96. The zero-order chi connectivity index (χ0) is 15.8. The van der Waals surface area contributed by atoms with Crippen LogP contribution >= 0.6 is 0 Å². The van der Waals surface area contributed by atoms with E-state index in [2.05, 4.69) is 12.2 Å². The average molecular weight is 300 g/mol. The molecule has 0 spiro atoms. The standard InChI is InChI=1S/C19H25FN2/c1-2-3-16(17-6-8-18(20)9-7-17)12-13-22-14-15-4-10-19(21)11-5-15/h4-11,16,22H,2-3,12-14,21H2,1H3. The number of nitrogens with two attached hydrogens (primary N) is 1. The predicted octanol–water partition coefficient (Wildman–Crippen LogP) is 4.47. The van der Waals surface area contributed by atoms with E-state index in [9.17, 15) is 4.39 Å². The number of anilines is 1. The molecule has 0 amide bonds. The Hall–Kier alpha value is -1.87. The number of halogens is 1. The maximum atomic E-state index is 13.0. The van der Waals surface area contributed by atoms with E-state index < -0.39 is 0 Å². The van der Waals surface area contributed by atoms with Crippen LogP contribution in [0, 0.1) is 5.82 Å². The second kappa shape index (κ2) is 8.54. The molecule has 2 aromatic rings. The highest BCUT2D eigenvalue weighted by atomic mass is 19.1. The van der Waals surface area contributed by atoms with Gasteiger partial charge in [-0.2, -0.15) is 0 Å². The van der Waals surface area contributed by atoms with Crippen LogP contribution in [-0.2, 0) is 6.54 Å². The summed E-state index contributed by atoms with van der Waals surface area (Å²) in [7, 11) is 0. The quantitative estimate of drug-likeness (QED) is 0.557. The molecule has 118 valence electrons. The van der Waals surface area contributed by atoms with Crippen LogP contribution in [0.25, 0.3) is 0 Å². The van der Waals surface area contributed by atoms with Crippen molar-refractivity contribution in [3.05, 3.63) is 65.5 Å². The Kier molecular flexibility index (Phi) is 6.41. The lowest BCUT2D eigenvalue weighted by atomic mass is 9.91. The van der Waals surface area contributed by atoms with Gasteiger partial charge in [0, 0.05) is 12.2 Å². The summed E-state index contributed by atoms with van der Waals surface area (Å²) in [5.74, 6) is 0.324. The molecule has 3 heteroatoms. The van der Waals surface area contributed by atoms with E-state index in [4.69, 9.17) is 5.73 Å². The molecule has 0 fully saturated rings. The van der Waals surface area contributed by atoms with Crippen LogP contribution in [0.4, 0.5) is 10.1 Å². The minimum atomic E-state index is -0.166. The van der Waals surface area contributed by atoms with Crippen molar-refractivity contribution in [1.29, 1.82) is 0 Å². The Morgan fingerprint density at radius 1 is 1.00 bits per heavy atom. The highest BCUT2D eigenvalue weighted by Crippen LogP contribution is 2.24. The molecule has 0 saturated carbocycles. The first-order chi connectivity index (χ1) is 10.7. The van der Waals surface area contributed by atoms with Crippen molar-refractivity contribution in [2.24, 2.45) is 0 Å². The number of benzene rings is 2. The molecule has 1 atom stereocenters. The molecule has 2 rings (SSSR count). The fourth-order valence-electron chi connectivity index (χ4n) is 2.71. The molecule has 0 aromatic heterocycles. The van der Waals surface area contributed by atoms with Gasteiger partial charge >= 0.3 is 0 Å². The molecule has 0 radical (unpaired) electrons. The fraction of sp³-hybridized carbons (Fsp3) is 0.368. The molecule has 2 nitrogen and oxygen atoms in total. The molecule has 3 N–H and O–H groups in total. The highest BCUT2D eigenvalue weighted by molar-refractivity contribution is 5.39. The van der Waals surface area contributed by atoms with E-state index in [0.717, 1.165) is 38.0 Å². The molecule has 0 aliphatic heterocycles. The van der Waals surface area contributed by atoms with Gasteiger partial charge in [-0.1, -0.05) is 37.6 Å². The molecule has 22 heavy (non-hydrogen) atoms. The van der Waals surface area contributed by atoms with Gasteiger partial charge in [0.15, 0.2) is 0 Å². The van der Waals surface area contributed by atoms with E-state index in [0.29, 0.717) is 5.92 Å². The van der Waals surface area contributed by atoms with E-state index in [-0.39, 0.29) is 5.82 Å². The Bertz CT molecular complexity index is 549. The van der Waals surface area contributed by atoms with Crippen LogP contribution in [0.1, 0.15) is 43.2 Å². The lowest BCUT2D eigenvalue weighted by Gasteiger charge is -2.17. The van der Waals surface area contributed by atoms with Crippen molar-refractivity contribution in [2.75, 3.05) is 12.3 Å². The first kappa shape index (κ1) is 16.5. The molecule has 0 bridgehead atoms. The summed E-state index contributed by atoms with van der Waals surface area (Å²) in [6, 6.07) is 14.9. The molecule has 0 saturated heterocycles. The predicted molar refractivity (Wildman–Crippen MR) is 91.2 cm³/mol. The average Bonchev–Trinajstić information content (AvgIpc) is 2.53. The number of nitrogens with one attached hydrogen (secondary N) is 1. The lowest BCUT2D eigenvalue weighted by Crippen LogP contribution is -2.17. The van der Waals surface area contributed by atoms with Crippen LogP contribution in [0.5, 0.6) is 0 Å². The van der Waals surface area contributed by atoms with Crippen LogP contribution < -0.4 is 11.1 Å². The first-order valence-corrected chi connectivity index (χ1v) is 7.99. The van der Waals surface area contributed by atoms with Crippen LogP contribution in [-0.4, -0.2) is 6.54 Å². The Balaban J connectivity index is 1.81. The van der Waals surface area contributed by atoms with Gasteiger partial charge in [-0.3, -0.25) is 0 Å². The van der Waals surface area contributed by atoms with Crippen molar-refractivity contribution in [3.8, 4) is 0 Å². The summed E-state index contributed by atoms with van der Waals surface area (Å²) in [5, 5.41) is 3.48. The van der Waals surface area contributed by atoms with Crippen molar-refractivity contribution in [1.82, 2.24) is 5.32 Å². The van der Waals surface area contributed by atoms with E-state index >= 15 is 0 Å². The topological polar surface area (TPSA) is 38.0 Å². The van der Waals surface area contributed by atoms with Gasteiger partial charge in [0.1, 0.15) is 5.82 Å². The van der Waals surface area contributed by atoms with Gasteiger partial charge in [0.25, 0.3) is 0 Å². The summed E-state index contributed by atoms with van der Waals surface area (Å²) >= 11 is 0. The smallest absolute Gasteiger partial charge is 0.123 e. The van der Waals surface area contributed by atoms with Gasteiger partial charge < -0.3 is 11.1 Å². The largest absolute Gasteiger partial charge is 0.399 e. The zero-order valence-corrected chi connectivity index (χ0v) is 13.2. The number of nitrogen functional groups attached to an aromatic ring is 1. The Morgan fingerprint density at radius 3 is 2.32 bits per heavy atom. The molecule has 2 aromatic carbocycles. The van der Waals surface area contributed by atoms with E-state index in [1.165, 1.54) is 11.1 Å². The molecule has 0 aliphatic carbocycles. The Morgan fingerprint density at radius 2 is 1.68 bits per heavy atom. The minimum Gasteiger partial charge on any atom is -0.399 e. The summed E-state index contributed by atoms with van der Waals surface area (Å²) in [5.41, 5.74) is 8.95. The van der Waals surface area contributed by atoms with Gasteiger partial charge in [-0.05, 0) is 60.7 Å². The van der Waals surface area contributed by atoms with Gasteiger partial charge in [0.2, 0.25) is 0 Å². The summed E-state index contributed by atoms with van der Waals surface area (Å²) in [6.45, 7) is 3.99. The summed E-state index contributed by atoms with van der Waals surface area (Å²) in [6.07, 6.45) is 3.34. The second-order valence-electron chi connectivity index (χ2n) is 5.74. The SMILES string of the molecule is CCCC(CCNCc1ccc(N)cc1)c1ccc(F)cc1. The first-order valence-electron chi connectivity index (χ1n) is 7.99. The summed E-state index contributed by atoms with van der Waals surface area (Å²) < 4.78 is 13.0. The normalized spacial score (nSPS) is 12.3. The van der Waals surface area contributed by atoms with E-state index in [1.54, 1.807) is 12.1 Å². The number of hydrogen-bond acceptors (Lipinski definition) is 2. The van der Waals surface area contributed by atoms with Gasteiger partial charge in [-0.25, -0.2) is 4.39 Å². The third-order valence-electron chi connectivity index (χ3n) is 3.96. The molecular weight excluding hydrogens is 275 g/mol. The van der Waals surface area contributed by atoms with Crippen LogP contribution in [0.3, 0.4) is 0 Å². The maximum Gasteiger partial charge on any atom is 0.123 e. The number of hydrogen-bond donors (Lipinski definition) is 2. The van der Waals surface area contributed by atoms with Crippen molar-refractivity contribution >= 4 is 5.69 Å². The van der Waals surface area contributed by atoms with Crippen molar-refractivity contribution < 1.29 is 4.39 Å². The zero-order valence-electron chi connectivity index (χ0n) is 13.2. The summed E-state index contributed by atoms with van der Waals surface area (Å²) in [4.78, 5) is 0. The molecule has 0 heterocycles. The third kappa shape index (κ3) is 5.15. The molecule has 0 aliphatic rings. The number of rotatable bonds is 8. The molecule has 1 unspecified atom stereocenters. The highest BCUT2D eigenvalue weighted by Gasteiger charge is 2.10. The maximum absolute atomic E-state index is 13.0. The van der Waals surface area contributed by atoms with Crippen LogP contribution in [0.15, 0.2) is 48.5 Å². The lowest BCUT2D eigenvalue weighted by molar-refractivity contribution is 0.530. The minimum absolute atomic E-state index is 0.166. The van der Waals surface area contributed by atoms with Crippen molar-refractivity contribution in [2.45, 2.75) is 38.6 Å².